The van der Waals surface area contributed by atoms with E-state index < -0.39 is 23.8 Å². The summed E-state index contributed by atoms with van der Waals surface area (Å²) in [5.74, 6) is 5.13. The fourth-order valence-electron chi connectivity index (χ4n) is 0.845. The minimum Gasteiger partial charge on any atom is -0.444 e. The maximum Gasteiger partial charge on any atom is 0.407 e. The Morgan fingerprint density at radius 1 is 1.47 bits per heavy atom. The number of aliphatic hydroxyl groups is 1. The van der Waals surface area contributed by atoms with Crippen molar-refractivity contribution in [1.29, 1.82) is 0 Å². The molecule has 0 radical (unpaired) electrons. The van der Waals surface area contributed by atoms with Gasteiger partial charge in [0.1, 0.15) is 11.7 Å². The first-order valence-electron chi connectivity index (χ1n) is 4.86. The van der Waals surface area contributed by atoms with Crippen LogP contribution in [0.5, 0.6) is 0 Å². The van der Waals surface area contributed by atoms with E-state index in [9.17, 15) is 9.90 Å². The number of amides is 1. The van der Waals surface area contributed by atoms with E-state index in [-0.39, 0.29) is 0 Å². The molecule has 0 unspecified atom stereocenters. The van der Waals surface area contributed by atoms with Gasteiger partial charge in [-0.25, -0.2) is 4.79 Å². The number of hydrogen-bond acceptors (Lipinski definition) is 3. The van der Waals surface area contributed by atoms with Gasteiger partial charge in [-0.15, -0.1) is 5.92 Å². The minimum atomic E-state index is -0.873. The minimum absolute atomic E-state index is 0.452. The van der Waals surface area contributed by atoms with Gasteiger partial charge in [0.25, 0.3) is 0 Å². The lowest BCUT2D eigenvalue weighted by Gasteiger charge is -2.22. The third-order valence-electron chi connectivity index (χ3n) is 1.51. The van der Waals surface area contributed by atoms with Crippen molar-refractivity contribution in [3.63, 3.8) is 0 Å². The zero-order valence-corrected chi connectivity index (χ0v) is 9.92. The number of aliphatic hydroxyl groups excluding tert-OH is 1. The highest BCUT2D eigenvalue weighted by atomic mass is 16.6. The summed E-state index contributed by atoms with van der Waals surface area (Å²) in [7, 11) is 0. The van der Waals surface area contributed by atoms with Crippen molar-refractivity contribution in [2.45, 2.75) is 52.4 Å². The smallest absolute Gasteiger partial charge is 0.407 e. The first-order valence-corrected chi connectivity index (χ1v) is 4.86. The fraction of sp³-hybridized carbons (Fsp3) is 0.727. The van der Waals surface area contributed by atoms with Crippen LogP contribution in [0.1, 0.15) is 34.6 Å². The number of rotatable bonds is 2. The van der Waals surface area contributed by atoms with Crippen molar-refractivity contribution in [2.24, 2.45) is 0 Å². The lowest BCUT2D eigenvalue weighted by molar-refractivity contribution is 0.0469. The maximum atomic E-state index is 11.3. The Balaban J connectivity index is 4.11. The number of alkyl carbamates (subject to hydrolysis) is 1. The van der Waals surface area contributed by atoms with Crippen LogP contribution in [0.15, 0.2) is 0 Å². The predicted octanol–water partition coefficient (Wildman–Crippen LogP) is 1.28. The van der Waals surface area contributed by atoms with Gasteiger partial charge in [0.2, 0.25) is 0 Å². The Labute approximate surface area is 91.0 Å². The molecule has 0 aromatic rings. The van der Waals surface area contributed by atoms with E-state index in [1.807, 2.05) is 0 Å². The molecule has 2 N–H and O–H groups in total. The van der Waals surface area contributed by atoms with Crippen molar-refractivity contribution in [1.82, 2.24) is 5.32 Å². The summed E-state index contributed by atoms with van der Waals surface area (Å²) < 4.78 is 5.03. The molecule has 1 amide bonds. The predicted molar refractivity (Wildman–Crippen MR) is 58.3 cm³/mol. The lowest BCUT2D eigenvalue weighted by Crippen LogP contribution is -2.43. The van der Waals surface area contributed by atoms with Gasteiger partial charge < -0.3 is 15.2 Å². The van der Waals surface area contributed by atoms with Crippen molar-refractivity contribution < 1.29 is 14.6 Å². The molecular weight excluding hydrogens is 194 g/mol. The Bertz CT molecular complexity index is 270. The Hall–Kier alpha value is -1.21. The molecule has 0 aromatic heterocycles. The molecule has 0 rings (SSSR count). The maximum absolute atomic E-state index is 11.3. The summed E-state index contributed by atoms with van der Waals surface area (Å²) in [6, 6.07) is -0.452. The van der Waals surface area contributed by atoms with Crippen LogP contribution in [0, 0.1) is 11.8 Å². The molecule has 0 aliphatic heterocycles. The first-order chi connectivity index (χ1) is 6.76. The third kappa shape index (κ3) is 6.81. The molecule has 0 aromatic carbocycles. The van der Waals surface area contributed by atoms with E-state index in [1.54, 1.807) is 34.6 Å². The number of hydrogen-bond donors (Lipinski definition) is 2. The van der Waals surface area contributed by atoms with Crippen molar-refractivity contribution in [3.05, 3.63) is 0 Å². The van der Waals surface area contributed by atoms with Crippen molar-refractivity contribution >= 4 is 6.09 Å². The highest BCUT2D eigenvalue weighted by Gasteiger charge is 2.20. The Morgan fingerprint density at radius 2 is 2.00 bits per heavy atom. The second-order valence-electron chi connectivity index (χ2n) is 4.27. The quantitative estimate of drug-likeness (QED) is 0.679. The van der Waals surface area contributed by atoms with Crippen LogP contribution in [-0.2, 0) is 4.74 Å². The van der Waals surface area contributed by atoms with Crippen molar-refractivity contribution in [3.8, 4) is 11.8 Å². The van der Waals surface area contributed by atoms with Crippen LogP contribution >= 0.6 is 0 Å². The van der Waals surface area contributed by atoms with Gasteiger partial charge in [0, 0.05) is 0 Å². The molecule has 0 bridgehead atoms. The van der Waals surface area contributed by atoms with E-state index in [2.05, 4.69) is 17.2 Å². The number of nitrogens with one attached hydrogen (secondary N) is 1. The van der Waals surface area contributed by atoms with Gasteiger partial charge in [-0.2, -0.15) is 0 Å². The van der Waals surface area contributed by atoms with E-state index in [1.165, 1.54) is 0 Å². The normalized spacial score (nSPS) is 14.5. The molecule has 0 saturated heterocycles. The SMILES string of the molecule is CC#C[C@@H](O)[C@H](C)NC(=O)OC(C)(C)C. The van der Waals surface area contributed by atoms with Crippen LogP contribution in [-0.4, -0.2) is 28.9 Å². The average Bonchev–Trinajstić information content (AvgIpc) is 2.00. The molecule has 86 valence electrons. The molecule has 0 spiro atoms. The molecule has 0 aliphatic rings. The molecule has 0 aliphatic carbocycles. The molecule has 0 heterocycles. The molecule has 4 heteroatoms. The van der Waals surface area contributed by atoms with E-state index in [0.29, 0.717) is 0 Å². The summed E-state index contributed by atoms with van der Waals surface area (Å²) in [4.78, 5) is 11.3. The molecule has 4 nitrogen and oxygen atoms in total. The summed E-state index contributed by atoms with van der Waals surface area (Å²) in [5.41, 5.74) is -0.537. The van der Waals surface area contributed by atoms with Gasteiger partial charge in [-0.05, 0) is 34.6 Å². The number of carbonyl (C=O) groups excluding carboxylic acids is 1. The highest BCUT2D eigenvalue weighted by Crippen LogP contribution is 2.07. The Morgan fingerprint density at radius 3 is 2.40 bits per heavy atom. The molecular formula is C11H19NO3. The number of carbonyl (C=O) groups is 1. The van der Waals surface area contributed by atoms with Gasteiger partial charge in [0.15, 0.2) is 0 Å². The summed E-state index contributed by atoms with van der Waals surface area (Å²) in [6.45, 7) is 8.63. The first kappa shape index (κ1) is 13.8. The molecule has 0 fully saturated rings. The number of ether oxygens (including phenoxy) is 1. The van der Waals surface area contributed by atoms with Crippen LogP contribution in [0.2, 0.25) is 0 Å². The van der Waals surface area contributed by atoms with E-state index in [4.69, 9.17) is 4.74 Å². The monoisotopic (exact) mass is 213 g/mol. The van der Waals surface area contributed by atoms with Gasteiger partial charge in [-0.3, -0.25) is 0 Å². The zero-order valence-electron chi connectivity index (χ0n) is 9.92. The second kappa shape index (κ2) is 5.62. The molecule has 2 atom stereocenters. The summed E-state index contributed by atoms with van der Waals surface area (Å²) in [6.07, 6.45) is -1.42. The van der Waals surface area contributed by atoms with E-state index in [0.717, 1.165) is 0 Å². The second-order valence-corrected chi connectivity index (χ2v) is 4.27. The van der Waals surface area contributed by atoms with Crippen LogP contribution in [0.4, 0.5) is 4.79 Å². The molecule has 15 heavy (non-hydrogen) atoms. The third-order valence-corrected chi connectivity index (χ3v) is 1.51. The summed E-state index contributed by atoms with van der Waals surface area (Å²) >= 11 is 0. The Kier molecular flexibility index (Phi) is 5.16. The molecule has 0 saturated carbocycles. The zero-order chi connectivity index (χ0) is 12.1. The van der Waals surface area contributed by atoms with Crippen LogP contribution in [0.3, 0.4) is 0 Å². The van der Waals surface area contributed by atoms with Crippen molar-refractivity contribution in [2.75, 3.05) is 0 Å². The standard InChI is InChI=1S/C11H19NO3/c1-6-7-9(13)8(2)12-10(14)15-11(3,4)5/h8-9,13H,1-5H3,(H,12,14)/t8-,9+/m0/s1. The summed E-state index contributed by atoms with van der Waals surface area (Å²) in [5, 5.41) is 11.9. The van der Waals surface area contributed by atoms with Gasteiger partial charge in [0.05, 0.1) is 6.04 Å². The average molecular weight is 213 g/mol. The van der Waals surface area contributed by atoms with Crippen LogP contribution < -0.4 is 5.32 Å². The van der Waals surface area contributed by atoms with E-state index >= 15 is 0 Å². The highest BCUT2D eigenvalue weighted by molar-refractivity contribution is 5.68. The van der Waals surface area contributed by atoms with Gasteiger partial charge >= 0.3 is 6.09 Å². The van der Waals surface area contributed by atoms with Gasteiger partial charge in [-0.1, -0.05) is 5.92 Å². The van der Waals surface area contributed by atoms with Crippen LogP contribution in [0.25, 0.3) is 0 Å². The fourth-order valence-corrected chi connectivity index (χ4v) is 0.845. The largest absolute Gasteiger partial charge is 0.444 e. The lowest BCUT2D eigenvalue weighted by atomic mass is 10.2. The topological polar surface area (TPSA) is 58.6 Å².